The third-order valence-corrected chi connectivity index (χ3v) is 6.58. The number of hydrogen-bond acceptors (Lipinski definition) is 6. The van der Waals surface area contributed by atoms with Gasteiger partial charge in [0.2, 0.25) is 0 Å². The van der Waals surface area contributed by atoms with Crippen molar-refractivity contribution in [3.63, 3.8) is 0 Å². The van der Waals surface area contributed by atoms with Crippen LogP contribution in [0.5, 0.6) is 0 Å². The summed E-state index contributed by atoms with van der Waals surface area (Å²) >= 11 is 0. The minimum Gasteiger partial charge on any atom is -0.381 e. The zero-order valence-electron chi connectivity index (χ0n) is 18.5. The molecule has 0 saturated carbocycles. The number of hydrogen-bond donors (Lipinski definition) is 2. The van der Waals surface area contributed by atoms with E-state index in [0.29, 0.717) is 22.2 Å². The molecule has 2 aliphatic rings. The molecule has 0 aliphatic carbocycles. The number of aromatic amines is 1. The van der Waals surface area contributed by atoms with Crippen molar-refractivity contribution in [3.8, 4) is 0 Å². The van der Waals surface area contributed by atoms with Crippen molar-refractivity contribution in [2.75, 3.05) is 26.3 Å². The first-order valence-electron chi connectivity index (χ1n) is 11.1. The van der Waals surface area contributed by atoms with E-state index < -0.39 is 11.4 Å². The summed E-state index contributed by atoms with van der Waals surface area (Å²) in [5.74, 6) is 5.09. The number of ether oxygens (including phenoxy) is 1. The lowest BCUT2D eigenvalue weighted by Gasteiger charge is -2.22. The Kier molecular flexibility index (Phi) is 5.70. The van der Waals surface area contributed by atoms with Crippen LogP contribution in [0.3, 0.4) is 0 Å². The van der Waals surface area contributed by atoms with E-state index in [0.717, 1.165) is 39.1 Å². The molecule has 1 aromatic heterocycles. The van der Waals surface area contributed by atoms with Crippen LogP contribution in [0.1, 0.15) is 28.8 Å². The quantitative estimate of drug-likeness (QED) is 0.353. The molecule has 3 heterocycles. The van der Waals surface area contributed by atoms with E-state index in [1.807, 2.05) is 4.90 Å². The largest absolute Gasteiger partial charge is 0.381 e. The van der Waals surface area contributed by atoms with Crippen molar-refractivity contribution < 1.29 is 13.9 Å². The standard InChI is InChI=1S/C25H24FN5O3/c26-18-3-6-21-17(11-18)12-20(23(32)29-21)22(30-27)13-28-19-4-1-16(2-5-19)24(33)31-9-7-25(14-31)8-10-34-15-25/h1-6,11-13H,7-10,14-15,27H2,(H,29,32). The van der Waals surface area contributed by atoms with E-state index in [-0.39, 0.29) is 22.6 Å². The average Bonchev–Trinajstić information content (AvgIpc) is 3.49. The summed E-state index contributed by atoms with van der Waals surface area (Å²) < 4.78 is 19.1. The number of nitrogens with two attached hydrogens (primary N) is 1. The maximum Gasteiger partial charge on any atom is 0.258 e. The third kappa shape index (κ3) is 4.22. The number of benzene rings is 2. The lowest BCUT2D eigenvalue weighted by atomic mass is 9.87. The molecule has 9 heteroatoms. The van der Waals surface area contributed by atoms with Crippen LogP contribution < -0.4 is 11.4 Å². The van der Waals surface area contributed by atoms with Crippen LogP contribution in [0.15, 0.2) is 63.4 Å². The number of halogens is 1. The highest BCUT2D eigenvalue weighted by atomic mass is 19.1. The predicted octanol–water partition coefficient (Wildman–Crippen LogP) is 2.99. The van der Waals surface area contributed by atoms with Crippen LogP contribution in [0.2, 0.25) is 0 Å². The highest BCUT2D eigenvalue weighted by molar-refractivity contribution is 6.38. The van der Waals surface area contributed by atoms with E-state index >= 15 is 0 Å². The molecule has 2 saturated heterocycles. The lowest BCUT2D eigenvalue weighted by Crippen LogP contribution is -2.32. The second kappa shape index (κ2) is 8.83. The maximum absolute atomic E-state index is 13.6. The van der Waals surface area contributed by atoms with E-state index in [1.165, 1.54) is 30.5 Å². The number of hydrazone groups is 1. The molecule has 3 aromatic rings. The number of fused-ring (bicyclic) bond motifs is 1. The molecule has 5 rings (SSSR count). The summed E-state index contributed by atoms with van der Waals surface area (Å²) in [4.78, 5) is 34.3. The lowest BCUT2D eigenvalue weighted by molar-refractivity contribution is 0.0765. The maximum atomic E-state index is 13.6. The monoisotopic (exact) mass is 461 g/mol. The third-order valence-electron chi connectivity index (χ3n) is 6.58. The van der Waals surface area contributed by atoms with Crippen LogP contribution in [-0.4, -0.2) is 54.0 Å². The van der Waals surface area contributed by atoms with Gasteiger partial charge in [0.25, 0.3) is 11.5 Å². The highest BCUT2D eigenvalue weighted by Crippen LogP contribution is 2.38. The fraction of sp³-hybridized carbons (Fsp3) is 0.280. The molecule has 0 radical (unpaired) electrons. The number of carbonyl (C=O) groups excluding carboxylic acids is 1. The summed E-state index contributed by atoms with van der Waals surface area (Å²) in [7, 11) is 0. The van der Waals surface area contributed by atoms with Gasteiger partial charge in [0.05, 0.1) is 24.1 Å². The van der Waals surface area contributed by atoms with Crippen LogP contribution >= 0.6 is 0 Å². The Morgan fingerprint density at radius 3 is 2.74 bits per heavy atom. The molecular formula is C25H24FN5O3. The first kappa shape index (κ1) is 22.0. The number of likely N-dealkylation sites (tertiary alicyclic amines) is 1. The first-order valence-corrected chi connectivity index (χ1v) is 11.1. The first-order chi connectivity index (χ1) is 16.5. The molecule has 1 atom stereocenters. The Bertz CT molecular complexity index is 1360. The fourth-order valence-corrected chi connectivity index (χ4v) is 4.63. The molecule has 174 valence electrons. The van der Waals surface area contributed by atoms with Crippen molar-refractivity contribution in [2.24, 2.45) is 21.4 Å². The molecule has 0 bridgehead atoms. The van der Waals surface area contributed by atoms with Gasteiger partial charge in [0.15, 0.2) is 0 Å². The van der Waals surface area contributed by atoms with Gasteiger partial charge in [-0.1, -0.05) is 0 Å². The molecule has 2 fully saturated rings. The van der Waals surface area contributed by atoms with Gasteiger partial charge in [-0.2, -0.15) is 5.10 Å². The van der Waals surface area contributed by atoms with E-state index in [2.05, 4.69) is 15.1 Å². The average molecular weight is 461 g/mol. The van der Waals surface area contributed by atoms with Crippen LogP contribution in [-0.2, 0) is 4.74 Å². The number of H-pyrrole nitrogens is 1. The SMILES string of the molecule is NN=C(C=Nc1ccc(C(=O)N2CCC3(CCOC3)C2)cc1)c1cc2cc(F)ccc2[nH]c1=O. The highest BCUT2D eigenvalue weighted by Gasteiger charge is 2.42. The smallest absolute Gasteiger partial charge is 0.258 e. The number of nitrogens with zero attached hydrogens (tertiary/aromatic N) is 3. The Balaban J connectivity index is 1.31. The normalized spacial score (nSPS) is 20.7. The summed E-state index contributed by atoms with van der Waals surface area (Å²) in [6.07, 6.45) is 3.35. The summed E-state index contributed by atoms with van der Waals surface area (Å²) in [6.45, 7) is 2.96. The van der Waals surface area contributed by atoms with Gasteiger partial charge in [-0.15, -0.1) is 0 Å². The van der Waals surface area contributed by atoms with Crippen molar-refractivity contribution in [3.05, 3.63) is 75.8 Å². The van der Waals surface area contributed by atoms with Crippen molar-refractivity contribution >= 4 is 34.4 Å². The zero-order valence-corrected chi connectivity index (χ0v) is 18.5. The van der Waals surface area contributed by atoms with Gasteiger partial charge in [-0.25, -0.2) is 4.39 Å². The van der Waals surface area contributed by atoms with Crippen molar-refractivity contribution in [2.45, 2.75) is 12.8 Å². The number of pyridine rings is 1. The Morgan fingerprint density at radius 1 is 1.18 bits per heavy atom. The minimum absolute atomic E-state index is 0.00144. The molecule has 1 spiro atoms. The number of aliphatic imine (C=N–C) groups is 1. The number of nitrogens with one attached hydrogen (secondary N) is 1. The molecule has 1 amide bonds. The van der Waals surface area contributed by atoms with E-state index in [4.69, 9.17) is 10.6 Å². The van der Waals surface area contributed by atoms with Crippen LogP contribution in [0, 0.1) is 11.2 Å². The summed E-state index contributed by atoms with van der Waals surface area (Å²) in [5, 5.41) is 4.19. The summed E-state index contributed by atoms with van der Waals surface area (Å²) in [5.41, 5.74) is 1.70. The topological polar surface area (TPSA) is 113 Å². The Hall–Kier alpha value is -3.85. The van der Waals surface area contributed by atoms with Gasteiger partial charge >= 0.3 is 0 Å². The number of aromatic nitrogens is 1. The van der Waals surface area contributed by atoms with Crippen molar-refractivity contribution in [1.29, 1.82) is 0 Å². The number of amides is 1. The van der Waals surface area contributed by atoms with Gasteiger partial charge in [-0.3, -0.25) is 14.6 Å². The molecule has 34 heavy (non-hydrogen) atoms. The summed E-state index contributed by atoms with van der Waals surface area (Å²) in [6, 6.07) is 12.5. The number of carbonyl (C=O) groups is 1. The molecule has 8 nitrogen and oxygen atoms in total. The second-order valence-corrected chi connectivity index (χ2v) is 8.84. The van der Waals surface area contributed by atoms with Gasteiger partial charge < -0.3 is 20.5 Å². The van der Waals surface area contributed by atoms with Gasteiger partial charge in [0.1, 0.15) is 11.5 Å². The minimum atomic E-state index is -0.416. The van der Waals surface area contributed by atoms with E-state index in [9.17, 15) is 14.0 Å². The molecule has 1 unspecified atom stereocenters. The zero-order chi connectivity index (χ0) is 23.7. The molecule has 3 N–H and O–H groups in total. The van der Waals surface area contributed by atoms with Crippen LogP contribution in [0.25, 0.3) is 10.9 Å². The van der Waals surface area contributed by atoms with Crippen molar-refractivity contribution in [1.82, 2.24) is 9.88 Å². The van der Waals surface area contributed by atoms with Crippen LogP contribution in [0.4, 0.5) is 10.1 Å². The Labute approximate surface area is 194 Å². The molecule has 2 aliphatic heterocycles. The number of rotatable bonds is 4. The predicted molar refractivity (Wildman–Crippen MR) is 128 cm³/mol. The Morgan fingerprint density at radius 2 is 2.00 bits per heavy atom. The van der Waals surface area contributed by atoms with E-state index in [1.54, 1.807) is 24.3 Å². The second-order valence-electron chi connectivity index (χ2n) is 8.84. The molecule has 2 aromatic carbocycles. The fourth-order valence-electron chi connectivity index (χ4n) is 4.63. The molecular weight excluding hydrogens is 437 g/mol. The van der Waals surface area contributed by atoms with Gasteiger partial charge in [0, 0.05) is 41.6 Å². The van der Waals surface area contributed by atoms with Gasteiger partial charge in [-0.05, 0) is 61.4 Å².